The Hall–Kier alpha value is -3.58. The minimum Gasteiger partial charge on any atom is -0.545 e. The Morgan fingerprint density at radius 3 is 2.66 bits per heavy atom. The molecule has 0 N–H and O–H groups in total. The Balaban J connectivity index is 1.59. The number of hydrogen-bond donors (Lipinski definition) is 0. The van der Waals surface area contributed by atoms with Crippen molar-refractivity contribution in [2.45, 2.75) is 0 Å². The van der Waals surface area contributed by atoms with Gasteiger partial charge in [0, 0.05) is 18.7 Å². The van der Waals surface area contributed by atoms with Crippen LogP contribution in [0.25, 0.3) is 17.4 Å². The van der Waals surface area contributed by atoms with Crippen molar-refractivity contribution in [2.24, 2.45) is 4.99 Å². The number of benzene rings is 2. The van der Waals surface area contributed by atoms with Gasteiger partial charge in [-0.1, -0.05) is 36.4 Å². The van der Waals surface area contributed by atoms with E-state index in [4.69, 9.17) is 4.42 Å². The number of rotatable bonds is 4. The van der Waals surface area contributed by atoms with E-state index in [2.05, 4.69) is 4.99 Å². The zero-order valence-corrected chi connectivity index (χ0v) is 16.2. The number of carboxylic acid groups (broad SMARTS) is 1. The highest BCUT2D eigenvalue weighted by atomic mass is 32.2. The largest absolute Gasteiger partial charge is 0.545 e. The highest BCUT2D eigenvalue weighted by molar-refractivity contribution is 8.18. The second-order valence-electron chi connectivity index (χ2n) is 6.28. The molecule has 1 amide bonds. The van der Waals surface area contributed by atoms with Crippen molar-refractivity contribution in [3.8, 4) is 11.3 Å². The maximum atomic E-state index is 12.5. The fourth-order valence-electron chi connectivity index (χ4n) is 2.78. The van der Waals surface area contributed by atoms with E-state index in [1.54, 1.807) is 37.4 Å². The fraction of sp³-hybridized carbons (Fsp3) is 0.0455. The van der Waals surface area contributed by atoms with Gasteiger partial charge in [0.15, 0.2) is 5.17 Å². The predicted octanol–water partition coefficient (Wildman–Crippen LogP) is 3.54. The van der Waals surface area contributed by atoms with Crippen molar-refractivity contribution in [2.75, 3.05) is 7.05 Å². The number of hydrogen-bond acceptors (Lipinski definition) is 6. The molecule has 0 bridgehead atoms. The lowest BCUT2D eigenvalue weighted by molar-refractivity contribution is -0.255. The van der Waals surface area contributed by atoms with Crippen LogP contribution in [0.5, 0.6) is 0 Å². The molecule has 1 aliphatic rings. The quantitative estimate of drug-likeness (QED) is 0.622. The van der Waals surface area contributed by atoms with Crippen LogP contribution in [-0.4, -0.2) is 29.0 Å². The number of aliphatic imine (C=N–C) groups is 1. The molecule has 0 radical (unpaired) electrons. The van der Waals surface area contributed by atoms with Gasteiger partial charge in [-0.3, -0.25) is 9.69 Å². The molecule has 0 aliphatic carbocycles. The van der Waals surface area contributed by atoms with Crippen LogP contribution >= 0.6 is 11.8 Å². The second-order valence-corrected chi connectivity index (χ2v) is 7.28. The number of para-hydroxylation sites is 1. The third-order valence-corrected chi connectivity index (χ3v) is 5.33. The Morgan fingerprint density at radius 1 is 1.10 bits per heavy atom. The van der Waals surface area contributed by atoms with Gasteiger partial charge in [0.25, 0.3) is 5.91 Å². The molecular formula is C22H15N2O4S-. The Bertz CT molecular complexity index is 1150. The number of aromatic carboxylic acids is 1. The van der Waals surface area contributed by atoms with Crippen LogP contribution in [0.3, 0.4) is 0 Å². The number of carbonyl (C=O) groups is 2. The highest BCUT2D eigenvalue weighted by Gasteiger charge is 2.30. The van der Waals surface area contributed by atoms with E-state index >= 15 is 0 Å². The molecule has 0 atom stereocenters. The van der Waals surface area contributed by atoms with Crippen LogP contribution in [0.4, 0.5) is 5.69 Å². The lowest BCUT2D eigenvalue weighted by Crippen LogP contribution is -2.23. The number of likely N-dealkylation sites (N-methyl/N-ethyl adjacent to an activating group) is 1. The summed E-state index contributed by atoms with van der Waals surface area (Å²) in [6.45, 7) is 0. The van der Waals surface area contributed by atoms with E-state index in [1.807, 2.05) is 30.3 Å². The molecule has 2 heterocycles. The third-order valence-electron chi connectivity index (χ3n) is 4.27. The molecule has 3 aromatic rings. The lowest BCUT2D eigenvalue weighted by Gasteiger charge is -2.06. The van der Waals surface area contributed by atoms with E-state index < -0.39 is 5.97 Å². The molecule has 144 valence electrons. The van der Waals surface area contributed by atoms with E-state index in [-0.39, 0.29) is 11.5 Å². The molecule has 7 heteroatoms. The maximum Gasteiger partial charge on any atom is 0.266 e. The van der Waals surface area contributed by atoms with Gasteiger partial charge in [-0.05, 0) is 47.7 Å². The van der Waals surface area contributed by atoms with Crippen molar-refractivity contribution in [1.29, 1.82) is 0 Å². The SMILES string of the molecule is CN1C(=O)/C(=C\c2ccc(-c3cccc(C(=O)[O-])c3)o2)SC1=Nc1ccccc1. The van der Waals surface area contributed by atoms with Gasteiger partial charge in [-0.15, -0.1) is 0 Å². The third kappa shape index (κ3) is 4.00. The van der Waals surface area contributed by atoms with Crippen LogP contribution < -0.4 is 5.11 Å². The van der Waals surface area contributed by atoms with E-state index in [1.165, 1.54) is 28.8 Å². The van der Waals surface area contributed by atoms with Gasteiger partial charge in [-0.2, -0.15) is 0 Å². The predicted molar refractivity (Wildman–Crippen MR) is 110 cm³/mol. The Labute approximate surface area is 171 Å². The Morgan fingerprint density at radius 2 is 1.90 bits per heavy atom. The molecule has 0 spiro atoms. The van der Waals surface area contributed by atoms with E-state index in [0.29, 0.717) is 27.2 Å². The minimum atomic E-state index is -1.25. The molecule has 1 aliphatic heterocycles. The average molecular weight is 403 g/mol. The molecule has 1 saturated heterocycles. The number of furan rings is 1. The maximum absolute atomic E-state index is 12.5. The van der Waals surface area contributed by atoms with Crippen molar-refractivity contribution in [3.63, 3.8) is 0 Å². The zero-order chi connectivity index (χ0) is 20.4. The first-order chi connectivity index (χ1) is 14.0. The normalized spacial score (nSPS) is 16.7. The Kier molecular flexibility index (Phi) is 5.05. The van der Waals surface area contributed by atoms with Crippen molar-refractivity contribution < 1.29 is 19.1 Å². The first-order valence-corrected chi connectivity index (χ1v) is 9.56. The van der Waals surface area contributed by atoms with E-state index in [0.717, 1.165) is 5.69 Å². The molecular weight excluding hydrogens is 388 g/mol. The van der Waals surface area contributed by atoms with Crippen LogP contribution in [0, 0.1) is 0 Å². The lowest BCUT2D eigenvalue weighted by atomic mass is 10.1. The van der Waals surface area contributed by atoms with Crippen molar-refractivity contribution in [3.05, 3.63) is 83.0 Å². The van der Waals surface area contributed by atoms with Gasteiger partial charge >= 0.3 is 0 Å². The number of thioether (sulfide) groups is 1. The standard InChI is InChI=1S/C22H16N2O4S/c1-24-20(25)19(29-22(24)23-16-8-3-2-4-9-16)13-17-10-11-18(28-17)14-6-5-7-15(12-14)21(26)27/h2-13H,1H3,(H,26,27)/p-1/b19-13+,23-22?. The topological polar surface area (TPSA) is 85.9 Å². The first-order valence-electron chi connectivity index (χ1n) is 8.74. The summed E-state index contributed by atoms with van der Waals surface area (Å²) in [5.41, 5.74) is 1.46. The summed E-state index contributed by atoms with van der Waals surface area (Å²) in [6.07, 6.45) is 1.66. The van der Waals surface area contributed by atoms with Crippen LogP contribution in [-0.2, 0) is 4.79 Å². The summed E-state index contributed by atoms with van der Waals surface area (Å²) in [6, 6.07) is 19.2. The highest BCUT2D eigenvalue weighted by Crippen LogP contribution is 2.34. The molecule has 2 aromatic carbocycles. The molecule has 1 fully saturated rings. The fourth-order valence-corrected chi connectivity index (χ4v) is 3.75. The molecule has 6 nitrogen and oxygen atoms in total. The van der Waals surface area contributed by atoms with Crippen molar-refractivity contribution in [1.82, 2.24) is 4.90 Å². The number of amidine groups is 1. The summed E-state index contributed by atoms with van der Waals surface area (Å²) >= 11 is 1.27. The molecule has 0 saturated carbocycles. The molecule has 0 unspecified atom stereocenters. The average Bonchev–Trinajstić information content (AvgIpc) is 3.30. The van der Waals surface area contributed by atoms with Crippen LogP contribution in [0.2, 0.25) is 0 Å². The van der Waals surface area contributed by atoms with Gasteiger partial charge in [0.1, 0.15) is 11.5 Å². The molecule has 1 aromatic heterocycles. The smallest absolute Gasteiger partial charge is 0.266 e. The van der Waals surface area contributed by atoms with Gasteiger partial charge < -0.3 is 14.3 Å². The minimum absolute atomic E-state index is 0.0729. The molecule has 4 rings (SSSR count). The summed E-state index contributed by atoms with van der Waals surface area (Å²) < 4.78 is 5.79. The van der Waals surface area contributed by atoms with Gasteiger partial charge in [-0.25, -0.2) is 4.99 Å². The molecule has 29 heavy (non-hydrogen) atoms. The van der Waals surface area contributed by atoms with Gasteiger partial charge in [0.05, 0.1) is 16.6 Å². The summed E-state index contributed by atoms with van der Waals surface area (Å²) in [5, 5.41) is 11.6. The van der Waals surface area contributed by atoms with Crippen molar-refractivity contribution >= 4 is 40.6 Å². The number of carbonyl (C=O) groups excluding carboxylic acids is 2. The summed E-state index contributed by atoms with van der Waals surface area (Å²) in [7, 11) is 1.68. The summed E-state index contributed by atoms with van der Waals surface area (Å²) in [5.74, 6) is -0.422. The number of carboxylic acids is 1. The summed E-state index contributed by atoms with van der Waals surface area (Å²) in [4.78, 5) is 30.1. The van der Waals surface area contributed by atoms with E-state index in [9.17, 15) is 14.7 Å². The van der Waals surface area contributed by atoms with Gasteiger partial charge in [0.2, 0.25) is 0 Å². The van der Waals surface area contributed by atoms with Crippen LogP contribution in [0.15, 0.2) is 81.0 Å². The number of nitrogens with zero attached hydrogens (tertiary/aromatic N) is 2. The first kappa shape index (κ1) is 18.8. The van der Waals surface area contributed by atoms with Crippen LogP contribution in [0.1, 0.15) is 16.1 Å². The monoisotopic (exact) mass is 403 g/mol. The second kappa shape index (κ2) is 7.81. The number of amides is 1. The zero-order valence-electron chi connectivity index (χ0n) is 15.4.